The summed E-state index contributed by atoms with van der Waals surface area (Å²) in [6.07, 6.45) is 1.18. The SMILES string of the molecule is COc1ccc([C@H](CC(=O)N2CCN(c3ccccc3)CC2)NS(C)(=O)=O)cc1. The molecule has 7 nitrogen and oxygen atoms in total. The number of nitrogens with zero attached hydrogens (tertiary/aromatic N) is 2. The molecule has 0 saturated carbocycles. The van der Waals surface area contributed by atoms with Crippen LogP contribution in [0.1, 0.15) is 18.0 Å². The molecule has 156 valence electrons. The maximum absolute atomic E-state index is 12.9. The molecule has 0 bridgehead atoms. The van der Waals surface area contributed by atoms with Crippen LogP contribution >= 0.6 is 0 Å². The van der Waals surface area contributed by atoms with Gasteiger partial charge in [-0.2, -0.15) is 0 Å². The van der Waals surface area contributed by atoms with E-state index in [-0.39, 0.29) is 12.3 Å². The zero-order valence-corrected chi connectivity index (χ0v) is 17.6. The van der Waals surface area contributed by atoms with Gasteiger partial charge in [-0.1, -0.05) is 30.3 Å². The van der Waals surface area contributed by atoms with Gasteiger partial charge in [0.15, 0.2) is 0 Å². The topological polar surface area (TPSA) is 79.0 Å². The van der Waals surface area contributed by atoms with E-state index in [1.165, 1.54) is 0 Å². The van der Waals surface area contributed by atoms with Crippen molar-refractivity contribution in [1.29, 1.82) is 0 Å². The molecule has 1 N–H and O–H groups in total. The fraction of sp³-hybridized carbons (Fsp3) is 0.381. The first-order valence-corrected chi connectivity index (χ1v) is 11.4. The number of carbonyl (C=O) groups excluding carboxylic acids is 1. The minimum Gasteiger partial charge on any atom is -0.497 e. The van der Waals surface area contributed by atoms with Crippen LogP contribution < -0.4 is 14.4 Å². The molecular weight excluding hydrogens is 390 g/mol. The van der Waals surface area contributed by atoms with Crippen molar-refractivity contribution in [3.8, 4) is 5.75 Å². The van der Waals surface area contributed by atoms with Crippen LogP contribution in [0.3, 0.4) is 0 Å². The highest BCUT2D eigenvalue weighted by Gasteiger charge is 2.26. The zero-order chi connectivity index (χ0) is 20.9. The third kappa shape index (κ3) is 5.95. The van der Waals surface area contributed by atoms with Crippen LogP contribution in [-0.2, 0) is 14.8 Å². The van der Waals surface area contributed by atoms with Gasteiger partial charge in [-0.05, 0) is 29.8 Å². The summed E-state index contributed by atoms with van der Waals surface area (Å²) in [6.45, 7) is 2.73. The molecular formula is C21H27N3O4S. The van der Waals surface area contributed by atoms with Gasteiger partial charge in [0.25, 0.3) is 0 Å². The van der Waals surface area contributed by atoms with Gasteiger partial charge in [-0.3, -0.25) is 4.79 Å². The number of hydrogen-bond acceptors (Lipinski definition) is 5. The van der Waals surface area contributed by atoms with Crippen LogP contribution in [0.15, 0.2) is 54.6 Å². The summed E-state index contributed by atoms with van der Waals surface area (Å²) in [4.78, 5) is 16.9. The average Bonchev–Trinajstić information content (AvgIpc) is 2.73. The third-order valence-electron chi connectivity index (χ3n) is 5.01. The molecule has 1 aliphatic heterocycles. The number of para-hydroxylation sites is 1. The first kappa shape index (κ1) is 21.1. The summed E-state index contributed by atoms with van der Waals surface area (Å²) in [5.74, 6) is 0.616. The van der Waals surface area contributed by atoms with E-state index >= 15 is 0 Å². The molecule has 1 amide bonds. The number of carbonyl (C=O) groups is 1. The Labute approximate surface area is 172 Å². The van der Waals surface area contributed by atoms with E-state index in [1.54, 1.807) is 36.3 Å². The van der Waals surface area contributed by atoms with Crippen molar-refractivity contribution in [2.45, 2.75) is 12.5 Å². The number of hydrogen-bond donors (Lipinski definition) is 1. The molecule has 1 saturated heterocycles. The normalized spacial score (nSPS) is 15.8. The molecule has 8 heteroatoms. The second kappa shape index (κ2) is 9.28. The van der Waals surface area contributed by atoms with Crippen LogP contribution in [-0.4, -0.2) is 58.8 Å². The van der Waals surface area contributed by atoms with Gasteiger partial charge in [0.1, 0.15) is 5.75 Å². The second-order valence-corrected chi connectivity index (χ2v) is 8.90. The number of benzene rings is 2. The van der Waals surface area contributed by atoms with E-state index in [4.69, 9.17) is 4.74 Å². The lowest BCUT2D eigenvalue weighted by molar-refractivity contribution is -0.132. The summed E-state index contributed by atoms with van der Waals surface area (Å²) >= 11 is 0. The summed E-state index contributed by atoms with van der Waals surface area (Å²) in [7, 11) is -1.90. The Balaban J connectivity index is 1.65. The molecule has 0 radical (unpaired) electrons. The number of ether oxygens (including phenoxy) is 1. The largest absolute Gasteiger partial charge is 0.497 e. The number of anilines is 1. The quantitative estimate of drug-likeness (QED) is 0.746. The predicted molar refractivity (Wildman–Crippen MR) is 114 cm³/mol. The van der Waals surface area contributed by atoms with Gasteiger partial charge in [-0.25, -0.2) is 13.1 Å². The Morgan fingerprint density at radius 3 is 2.21 bits per heavy atom. The molecule has 1 fully saturated rings. The molecule has 1 atom stereocenters. The van der Waals surface area contributed by atoms with Gasteiger partial charge >= 0.3 is 0 Å². The number of piperazine rings is 1. The fourth-order valence-corrected chi connectivity index (χ4v) is 4.22. The van der Waals surface area contributed by atoms with Crippen LogP contribution in [0.2, 0.25) is 0 Å². The Morgan fingerprint density at radius 2 is 1.66 bits per heavy atom. The predicted octanol–water partition coefficient (Wildman–Crippen LogP) is 2.02. The molecule has 0 aromatic heterocycles. The van der Waals surface area contributed by atoms with Crippen molar-refractivity contribution >= 4 is 21.6 Å². The molecule has 0 unspecified atom stereocenters. The summed E-state index contributed by atoms with van der Waals surface area (Å²) in [5, 5.41) is 0. The molecule has 29 heavy (non-hydrogen) atoms. The molecule has 1 aliphatic rings. The van der Waals surface area contributed by atoms with Crippen LogP contribution in [0.4, 0.5) is 5.69 Å². The lowest BCUT2D eigenvalue weighted by Crippen LogP contribution is -2.49. The summed E-state index contributed by atoms with van der Waals surface area (Å²) in [6, 6.07) is 16.6. The summed E-state index contributed by atoms with van der Waals surface area (Å²) < 4.78 is 31.4. The standard InChI is InChI=1S/C21H27N3O4S/c1-28-19-10-8-17(9-11-19)20(22-29(2,26)27)16-21(25)24-14-12-23(13-15-24)18-6-4-3-5-7-18/h3-11,20,22H,12-16H2,1-2H3/t20-/m0/s1. The Kier molecular flexibility index (Phi) is 6.76. The van der Waals surface area contributed by atoms with E-state index < -0.39 is 16.1 Å². The number of methoxy groups -OCH3 is 1. The van der Waals surface area contributed by atoms with E-state index in [9.17, 15) is 13.2 Å². The molecule has 0 aliphatic carbocycles. The van der Waals surface area contributed by atoms with Crippen LogP contribution in [0, 0.1) is 0 Å². The van der Waals surface area contributed by atoms with E-state index in [0.717, 1.165) is 30.6 Å². The number of rotatable bonds is 7. The maximum atomic E-state index is 12.9. The van der Waals surface area contributed by atoms with Crippen molar-refractivity contribution in [2.24, 2.45) is 0 Å². The lowest BCUT2D eigenvalue weighted by atomic mass is 10.0. The van der Waals surface area contributed by atoms with E-state index in [0.29, 0.717) is 18.8 Å². The second-order valence-electron chi connectivity index (χ2n) is 7.12. The highest BCUT2D eigenvalue weighted by Crippen LogP contribution is 2.23. The molecule has 2 aromatic rings. The van der Waals surface area contributed by atoms with E-state index in [2.05, 4.69) is 21.8 Å². The Morgan fingerprint density at radius 1 is 1.03 bits per heavy atom. The minimum atomic E-state index is -3.47. The average molecular weight is 418 g/mol. The van der Waals surface area contributed by atoms with Gasteiger partial charge in [0.2, 0.25) is 15.9 Å². The number of nitrogens with one attached hydrogen (secondary N) is 1. The highest BCUT2D eigenvalue weighted by atomic mass is 32.2. The molecule has 1 heterocycles. The van der Waals surface area contributed by atoms with Gasteiger partial charge in [0.05, 0.1) is 19.4 Å². The zero-order valence-electron chi connectivity index (χ0n) is 16.7. The highest BCUT2D eigenvalue weighted by molar-refractivity contribution is 7.88. The Bertz CT molecular complexity index is 909. The molecule has 3 rings (SSSR count). The van der Waals surface area contributed by atoms with Crippen LogP contribution in [0.25, 0.3) is 0 Å². The minimum absolute atomic E-state index is 0.0605. The van der Waals surface area contributed by atoms with Crippen molar-refractivity contribution in [3.05, 3.63) is 60.2 Å². The van der Waals surface area contributed by atoms with E-state index in [1.807, 2.05) is 18.2 Å². The third-order valence-corrected chi connectivity index (χ3v) is 5.72. The van der Waals surface area contributed by atoms with Crippen LogP contribution in [0.5, 0.6) is 5.75 Å². The molecule has 2 aromatic carbocycles. The smallest absolute Gasteiger partial charge is 0.224 e. The number of amides is 1. The Hall–Kier alpha value is -2.58. The van der Waals surface area contributed by atoms with Crippen molar-refractivity contribution in [1.82, 2.24) is 9.62 Å². The van der Waals surface area contributed by atoms with Crippen molar-refractivity contribution in [3.63, 3.8) is 0 Å². The van der Waals surface area contributed by atoms with Crippen molar-refractivity contribution in [2.75, 3.05) is 44.4 Å². The monoisotopic (exact) mass is 417 g/mol. The van der Waals surface area contributed by atoms with Gasteiger partial charge in [0, 0.05) is 38.3 Å². The first-order chi connectivity index (χ1) is 13.9. The van der Waals surface area contributed by atoms with Gasteiger partial charge < -0.3 is 14.5 Å². The molecule has 0 spiro atoms. The number of sulfonamides is 1. The maximum Gasteiger partial charge on any atom is 0.224 e. The lowest BCUT2D eigenvalue weighted by Gasteiger charge is -2.36. The fourth-order valence-electron chi connectivity index (χ4n) is 3.48. The summed E-state index contributed by atoms with van der Waals surface area (Å²) in [5.41, 5.74) is 1.88. The first-order valence-electron chi connectivity index (χ1n) is 9.55. The van der Waals surface area contributed by atoms with Crippen molar-refractivity contribution < 1.29 is 17.9 Å². The van der Waals surface area contributed by atoms with Gasteiger partial charge in [-0.15, -0.1) is 0 Å².